The molecule has 1 aromatic heterocycles. The number of amides is 2. The van der Waals surface area contributed by atoms with E-state index in [1.807, 2.05) is 38.1 Å². The first kappa shape index (κ1) is 28.0. The average molecular weight is 575 g/mol. The molecule has 1 aliphatic carbocycles. The summed E-state index contributed by atoms with van der Waals surface area (Å²) in [4.78, 5) is 58.5. The topological polar surface area (TPSA) is 103 Å². The molecule has 1 aliphatic heterocycles. The highest BCUT2D eigenvalue weighted by Crippen LogP contribution is 2.41. The number of fused-ring (bicyclic) bond motifs is 2. The molecule has 0 N–H and O–H groups in total. The van der Waals surface area contributed by atoms with Crippen molar-refractivity contribution in [2.45, 2.75) is 20.3 Å². The Labute approximate surface area is 248 Å². The average Bonchev–Trinajstić information content (AvgIpc) is 3.29. The third kappa shape index (κ3) is 5.09. The van der Waals surface area contributed by atoms with Crippen LogP contribution in [0.2, 0.25) is 0 Å². The van der Waals surface area contributed by atoms with Crippen molar-refractivity contribution in [3.05, 3.63) is 102 Å². The number of methoxy groups -OCH3 is 1. The van der Waals surface area contributed by atoms with Crippen molar-refractivity contribution in [3.63, 3.8) is 0 Å². The summed E-state index contributed by atoms with van der Waals surface area (Å²) in [5.41, 5.74) is 3.92. The minimum absolute atomic E-state index is 0.00851. The molecule has 216 valence electrons. The summed E-state index contributed by atoms with van der Waals surface area (Å²) in [5, 5.41) is 0.612. The number of aromatic nitrogens is 1. The van der Waals surface area contributed by atoms with Gasteiger partial charge >= 0.3 is 5.97 Å². The lowest BCUT2D eigenvalue weighted by Gasteiger charge is -2.22. The summed E-state index contributed by atoms with van der Waals surface area (Å²) in [7, 11) is 1.54. The fraction of sp³-hybridized carbons (Fsp3) is 0.229. The smallest absolute Gasteiger partial charge is 0.339 e. The predicted molar refractivity (Wildman–Crippen MR) is 162 cm³/mol. The number of benzene rings is 3. The lowest BCUT2D eigenvalue weighted by atomic mass is 9.78. The lowest BCUT2D eigenvalue weighted by Crippen LogP contribution is -2.31. The van der Waals surface area contributed by atoms with Gasteiger partial charge in [-0.3, -0.25) is 19.3 Å². The first-order valence-electron chi connectivity index (χ1n) is 14.2. The van der Waals surface area contributed by atoms with Crippen LogP contribution in [0.15, 0.2) is 84.9 Å². The van der Waals surface area contributed by atoms with Gasteiger partial charge in [0.1, 0.15) is 5.75 Å². The molecule has 2 heterocycles. The molecule has 3 unspecified atom stereocenters. The summed E-state index contributed by atoms with van der Waals surface area (Å²) >= 11 is 0. The van der Waals surface area contributed by atoms with Crippen LogP contribution in [-0.2, 0) is 14.3 Å². The van der Waals surface area contributed by atoms with Gasteiger partial charge in [0.2, 0.25) is 11.8 Å². The molecule has 0 saturated carbocycles. The molecule has 8 nitrogen and oxygen atoms in total. The van der Waals surface area contributed by atoms with E-state index in [4.69, 9.17) is 14.5 Å². The van der Waals surface area contributed by atoms with Crippen LogP contribution in [-0.4, -0.2) is 42.3 Å². The molecule has 0 spiro atoms. The van der Waals surface area contributed by atoms with Gasteiger partial charge in [-0.1, -0.05) is 49.4 Å². The molecule has 2 amide bonds. The molecule has 43 heavy (non-hydrogen) atoms. The van der Waals surface area contributed by atoms with Crippen molar-refractivity contribution in [2.75, 3.05) is 18.6 Å². The highest BCUT2D eigenvalue weighted by molar-refractivity contribution is 6.22. The number of carbonyl (C=O) groups excluding carboxylic acids is 4. The highest BCUT2D eigenvalue weighted by atomic mass is 16.5. The Balaban J connectivity index is 1.27. The molecule has 8 heteroatoms. The maximum Gasteiger partial charge on any atom is 0.339 e. The Morgan fingerprint density at radius 2 is 1.72 bits per heavy atom. The van der Waals surface area contributed by atoms with Gasteiger partial charge in [-0.05, 0) is 67.3 Å². The second-order valence-electron chi connectivity index (χ2n) is 11.0. The van der Waals surface area contributed by atoms with Crippen molar-refractivity contribution in [3.8, 4) is 17.0 Å². The minimum Gasteiger partial charge on any atom is -0.497 e. The maximum absolute atomic E-state index is 13.3. The molecule has 4 aromatic rings. The number of para-hydroxylation sites is 1. The summed E-state index contributed by atoms with van der Waals surface area (Å²) < 4.78 is 10.6. The van der Waals surface area contributed by atoms with Crippen LogP contribution < -0.4 is 9.64 Å². The predicted octanol–water partition coefficient (Wildman–Crippen LogP) is 5.96. The number of esters is 1. The quantitative estimate of drug-likeness (QED) is 0.116. The Hall–Kier alpha value is -5.11. The van der Waals surface area contributed by atoms with E-state index in [1.165, 1.54) is 4.90 Å². The molecular weight excluding hydrogens is 544 g/mol. The van der Waals surface area contributed by atoms with Gasteiger partial charge < -0.3 is 9.47 Å². The van der Waals surface area contributed by atoms with Gasteiger partial charge in [-0.15, -0.1) is 0 Å². The second-order valence-corrected chi connectivity index (χ2v) is 11.0. The number of allylic oxidation sites excluding steroid dienone is 2. The number of anilines is 1. The number of imide groups is 1. The van der Waals surface area contributed by atoms with Gasteiger partial charge in [-0.25, -0.2) is 9.78 Å². The second kappa shape index (κ2) is 11.3. The summed E-state index contributed by atoms with van der Waals surface area (Å²) in [6.45, 7) is 3.46. The van der Waals surface area contributed by atoms with Gasteiger partial charge in [-0.2, -0.15) is 0 Å². The molecule has 0 bridgehead atoms. The molecular formula is C35H30N2O6. The SMILES string of the molecule is COc1ccc(C(=O)COC(=O)c2cc(-c3ccc(N4C(=O)C5CC=CC(C)C5C4=O)cc3)nc3c(C)cccc23)cc1. The first-order chi connectivity index (χ1) is 20.8. The number of hydrogen-bond donors (Lipinski definition) is 0. The van der Waals surface area contributed by atoms with Crippen LogP contribution in [0.1, 0.15) is 39.6 Å². The summed E-state index contributed by atoms with van der Waals surface area (Å²) in [6, 6.07) is 20.8. The fourth-order valence-corrected chi connectivity index (χ4v) is 5.96. The van der Waals surface area contributed by atoms with Crippen LogP contribution >= 0.6 is 0 Å². The van der Waals surface area contributed by atoms with Crippen LogP contribution in [0, 0.1) is 24.7 Å². The van der Waals surface area contributed by atoms with Crippen molar-refractivity contribution < 1.29 is 28.7 Å². The fourth-order valence-electron chi connectivity index (χ4n) is 5.96. The van der Waals surface area contributed by atoms with E-state index in [0.717, 1.165) is 5.56 Å². The van der Waals surface area contributed by atoms with Crippen molar-refractivity contribution >= 4 is 40.2 Å². The normalized spacial score (nSPS) is 19.4. The van der Waals surface area contributed by atoms with Gasteiger partial charge in [0, 0.05) is 16.5 Å². The number of rotatable bonds is 7. The largest absolute Gasteiger partial charge is 0.497 e. The van der Waals surface area contributed by atoms with Crippen molar-refractivity contribution in [1.29, 1.82) is 0 Å². The first-order valence-corrected chi connectivity index (χ1v) is 14.2. The lowest BCUT2D eigenvalue weighted by molar-refractivity contribution is -0.122. The van der Waals surface area contributed by atoms with E-state index >= 15 is 0 Å². The van der Waals surface area contributed by atoms with E-state index in [-0.39, 0.29) is 40.9 Å². The maximum atomic E-state index is 13.3. The zero-order chi connectivity index (χ0) is 30.2. The Kier molecular flexibility index (Phi) is 7.36. The van der Waals surface area contributed by atoms with E-state index < -0.39 is 12.6 Å². The van der Waals surface area contributed by atoms with Crippen molar-refractivity contribution in [1.82, 2.24) is 4.98 Å². The molecule has 1 saturated heterocycles. The van der Waals surface area contributed by atoms with Crippen molar-refractivity contribution in [2.24, 2.45) is 17.8 Å². The van der Waals surface area contributed by atoms with Gasteiger partial charge in [0.15, 0.2) is 12.4 Å². The number of pyridine rings is 1. The molecule has 3 aromatic carbocycles. The number of aryl methyl sites for hydroxylation is 1. The van der Waals surface area contributed by atoms with Crippen LogP contribution in [0.25, 0.3) is 22.2 Å². The Bertz CT molecular complexity index is 1790. The molecule has 6 rings (SSSR count). The zero-order valence-corrected chi connectivity index (χ0v) is 24.1. The number of ketones is 1. The summed E-state index contributed by atoms with van der Waals surface area (Å²) in [5.74, 6) is -1.37. The highest BCUT2D eigenvalue weighted by Gasteiger charge is 2.50. The van der Waals surface area contributed by atoms with Gasteiger partial charge in [0.05, 0.1) is 41.4 Å². The van der Waals surface area contributed by atoms with Crippen LogP contribution in [0.4, 0.5) is 5.69 Å². The monoisotopic (exact) mass is 574 g/mol. The third-order valence-electron chi connectivity index (χ3n) is 8.30. The number of nitrogens with zero attached hydrogens (tertiary/aromatic N) is 2. The number of Topliss-reactive ketones (excluding diaryl/α,β-unsaturated/α-hetero) is 1. The summed E-state index contributed by atoms with van der Waals surface area (Å²) in [6.07, 6.45) is 4.55. The van der Waals surface area contributed by atoms with Crippen LogP contribution in [0.3, 0.4) is 0 Å². The minimum atomic E-state index is -0.642. The van der Waals surface area contributed by atoms with E-state index in [0.29, 0.717) is 45.6 Å². The Morgan fingerprint density at radius 1 is 0.977 bits per heavy atom. The zero-order valence-electron chi connectivity index (χ0n) is 24.1. The van der Waals surface area contributed by atoms with Crippen LogP contribution in [0.5, 0.6) is 5.75 Å². The molecule has 0 radical (unpaired) electrons. The molecule has 3 atom stereocenters. The number of ether oxygens (including phenoxy) is 2. The number of hydrogen-bond acceptors (Lipinski definition) is 7. The Morgan fingerprint density at radius 3 is 2.42 bits per heavy atom. The van der Waals surface area contributed by atoms with E-state index in [2.05, 4.69) is 0 Å². The molecule has 1 fully saturated rings. The standard InChI is InChI=1S/C35H30N2O6/c1-20-6-4-9-27-31(20)34(40)37(33(27)39)24-14-10-22(11-15-24)29-18-28(26-8-5-7-21(2)32(26)36-29)35(41)43-19-30(38)23-12-16-25(42-3)17-13-23/h4-8,10-18,20,27,31H,9,19H2,1-3H3. The molecule has 2 aliphatic rings. The van der Waals surface area contributed by atoms with E-state index in [9.17, 15) is 19.2 Å². The van der Waals surface area contributed by atoms with E-state index in [1.54, 1.807) is 67.8 Å². The number of carbonyl (C=O) groups is 4. The third-order valence-corrected chi connectivity index (χ3v) is 8.30. The van der Waals surface area contributed by atoms with Gasteiger partial charge in [0.25, 0.3) is 0 Å².